The Labute approximate surface area is 379 Å². The van der Waals surface area contributed by atoms with Crippen molar-refractivity contribution in [2.45, 2.75) is 43.0 Å². The van der Waals surface area contributed by atoms with Crippen LogP contribution in [0.15, 0.2) is 69.6 Å². The van der Waals surface area contributed by atoms with Gasteiger partial charge in [0.15, 0.2) is 11.5 Å². The van der Waals surface area contributed by atoms with Crippen LogP contribution in [0.25, 0.3) is 0 Å². The number of ether oxygens (including phenoxy) is 2. The number of carbonyl (C=O) groups excluding carboxylic acids is 2. The monoisotopic (exact) mass is 1100 g/mol. The van der Waals surface area contributed by atoms with Gasteiger partial charge in [-0.3, -0.25) is 9.59 Å². The minimum Gasteiger partial charge on any atom is -0.494 e. The molecule has 0 unspecified atom stereocenters. The van der Waals surface area contributed by atoms with Crippen molar-refractivity contribution in [3.05, 3.63) is 102 Å². The first-order valence-electron chi connectivity index (χ1n) is 16.9. The summed E-state index contributed by atoms with van der Waals surface area (Å²) in [4.78, 5) is 25.2. The van der Waals surface area contributed by atoms with Crippen molar-refractivity contribution >= 4 is 89.6 Å². The topological polar surface area (TPSA) is 135 Å². The molecule has 4 aromatic carbocycles. The summed E-state index contributed by atoms with van der Waals surface area (Å²) < 4.78 is 194. The molecule has 4 rings (SSSR count). The van der Waals surface area contributed by atoms with Crippen LogP contribution in [0.4, 0.5) is 84.2 Å². The Kier molecular flexibility index (Phi) is 18.5. The maximum atomic E-state index is 14.3. The van der Waals surface area contributed by atoms with Crippen molar-refractivity contribution in [3.63, 3.8) is 0 Å². The van der Waals surface area contributed by atoms with Crippen LogP contribution in [0.5, 0.6) is 11.5 Å². The number of amides is 2. The van der Waals surface area contributed by atoms with Crippen molar-refractivity contribution in [1.29, 1.82) is 0 Å². The third-order valence-electron chi connectivity index (χ3n) is 8.24. The number of alkyl halides is 14. The molecule has 354 valence electrons. The number of rotatable bonds is 10. The molecule has 0 radical (unpaired) electrons. The van der Waals surface area contributed by atoms with Gasteiger partial charge in [-0.1, -0.05) is 35.3 Å². The molecule has 64 heavy (non-hydrogen) atoms. The van der Waals surface area contributed by atoms with Crippen molar-refractivity contribution in [3.8, 4) is 11.5 Å². The van der Waals surface area contributed by atoms with Crippen LogP contribution in [0.1, 0.15) is 38.8 Å². The first kappa shape index (κ1) is 55.7. The van der Waals surface area contributed by atoms with E-state index in [9.17, 15) is 71.1 Å². The molecule has 4 aromatic rings. The van der Waals surface area contributed by atoms with E-state index in [2.05, 4.69) is 47.8 Å². The van der Waals surface area contributed by atoms with Gasteiger partial charge in [0.2, 0.25) is 0 Å². The Morgan fingerprint density at radius 3 is 1.28 bits per heavy atom. The van der Waals surface area contributed by atoms with E-state index in [1.165, 1.54) is 44.6 Å². The summed E-state index contributed by atoms with van der Waals surface area (Å²) in [6.45, 7) is 2.31. The molecule has 27 heteroatoms. The molecular weight excluding hydrogens is 1080 g/mol. The number of para-hydroxylation sites is 2. The molecule has 0 saturated heterocycles. The average molecular weight is 1110 g/mol. The molecule has 6 N–H and O–H groups in total. The van der Waals surface area contributed by atoms with E-state index in [0.717, 1.165) is 7.11 Å². The van der Waals surface area contributed by atoms with E-state index < -0.39 is 78.0 Å². The van der Waals surface area contributed by atoms with Crippen LogP contribution < -0.4 is 31.2 Å². The second-order valence-corrected chi connectivity index (χ2v) is 14.7. The fourth-order valence-electron chi connectivity index (χ4n) is 5.35. The van der Waals surface area contributed by atoms with Gasteiger partial charge in [-0.15, -0.1) is 0 Å². The van der Waals surface area contributed by atoms with E-state index >= 15 is 0 Å². The van der Waals surface area contributed by atoms with Gasteiger partial charge < -0.3 is 36.3 Å². The maximum Gasteiger partial charge on any atom is 0.435 e. The number of halogens is 18. The van der Waals surface area contributed by atoms with Crippen LogP contribution in [0, 0.1) is 0 Å². The number of benzene rings is 4. The summed E-state index contributed by atoms with van der Waals surface area (Å²) in [5, 5.41) is 12.9. The SMILES string of the molecule is CCNc1cccc(C(=O)Nc2c(Cl)cc(C(F)(C(F)(F)F)C(F)(F)F)cc2Br)c1OC.CO.COc1c(N)cccc1C(=O)Nc1c(Cl)cc(C(F)(C(F)(F)F)C(F)(F)F)cc1Br. The highest BCUT2D eigenvalue weighted by Crippen LogP contribution is 2.56. The van der Waals surface area contributed by atoms with E-state index in [4.69, 9.17) is 43.5 Å². The van der Waals surface area contributed by atoms with Gasteiger partial charge in [-0.2, -0.15) is 52.7 Å². The fraction of sp³-hybridized carbons (Fsp3) is 0.297. The molecular formula is C37H30Br2Cl2F14N4O5. The number of nitrogen functional groups attached to an aromatic ring is 1. The molecule has 0 heterocycles. The highest BCUT2D eigenvalue weighted by Gasteiger charge is 2.74. The van der Waals surface area contributed by atoms with E-state index in [0.29, 0.717) is 12.2 Å². The first-order chi connectivity index (χ1) is 29.3. The lowest BCUT2D eigenvalue weighted by atomic mass is 9.94. The number of carbonyl (C=O) groups is 2. The zero-order valence-corrected chi connectivity index (χ0v) is 37.1. The molecule has 9 nitrogen and oxygen atoms in total. The molecule has 0 aliphatic carbocycles. The Morgan fingerprint density at radius 1 is 0.625 bits per heavy atom. The lowest BCUT2D eigenvalue weighted by Gasteiger charge is -2.30. The zero-order valence-electron chi connectivity index (χ0n) is 32.4. The number of hydrogen-bond acceptors (Lipinski definition) is 7. The van der Waals surface area contributed by atoms with Gasteiger partial charge in [0.25, 0.3) is 11.8 Å². The zero-order chi connectivity index (χ0) is 49.6. The van der Waals surface area contributed by atoms with Gasteiger partial charge in [-0.05, 0) is 87.3 Å². The van der Waals surface area contributed by atoms with Crippen LogP contribution in [-0.2, 0) is 11.3 Å². The van der Waals surface area contributed by atoms with Crippen molar-refractivity contribution in [2.75, 3.05) is 49.6 Å². The maximum absolute atomic E-state index is 14.3. The Morgan fingerprint density at radius 2 is 0.969 bits per heavy atom. The predicted octanol–water partition coefficient (Wildman–Crippen LogP) is 12.9. The van der Waals surface area contributed by atoms with Gasteiger partial charge >= 0.3 is 36.0 Å². The summed E-state index contributed by atoms with van der Waals surface area (Å²) in [6, 6.07) is 9.48. The van der Waals surface area contributed by atoms with Crippen LogP contribution >= 0.6 is 55.1 Å². The third-order valence-corrected chi connectivity index (χ3v) is 10.1. The lowest BCUT2D eigenvalue weighted by molar-refractivity contribution is -0.349. The van der Waals surface area contributed by atoms with E-state index in [1.54, 1.807) is 13.0 Å². The molecule has 0 fully saturated rings. The Balaban J connectivity index is 0.000000424. The molecule has 0 atom stereocenters. The van der Waals surface area contributed by atoms with Crippen LogP contribution in [0.3, 0.4) is 0 Å². The summed E-state index contributed by atoms with van der Waals surface area (Å²) in [6.07, 6.45) is -25.2. The Hall–Kier alpha value is -4.46. The predicted molar refractivity (Wildman–Crippen MR) is 217 cm³/mol. The highest BCUT2D eigenvalue weighted by atomic mass is 79.9. The average Bonchev–Trinajstić information content (AvgIpc) is 3.18. The number of anilines is 4. The largest absolute Gasteiger partial charge is 0.494 e. The molecule has 0 aliphatic rings. The summed E-state index contributed by atoms with van der Waals surface area (Å²) >= 11 is 17.1. The molecule has 0 bridgehead atoms. The normalized spacial score (nSPS) is 12.2. The fourth-order valence-corrected chi connectivity index (χ4v) is 7.23. The quantitative estimate of drug-likeness (QED) is 0.0788. The van der Waals surface area contributed by atoms with Crippen molar-refractivity contribution in [1.82, 2.24) is 0 Å². The second kappa shape index (κ2) is 21.2. The summed E-state index contributed by atoms with van der Waals surface area (Å²) in [5.41, 5.74) is -9.52. The van der Waals surface area contributed by atoms with Crippen LogP contribution in [0.2, 0.25) is 10.0 Å². The Bertz CT molecular complexity index is 2240. The van der Waals surface area contributed by atoms with Crippen molar-refractivity contribution in [2.24, 2.45) is 0 Å². The first-order valence-corrected chi connectivity index (χ1v) is 19.2. The molecule has 2 amide bonds. The van der Waals surface area contributed by atoms with Gasteiger partial charge in [0.1, 0.15) is 0 Å². The number of aliphatic hydroxyl groups is 1. The van der Waals surface area contributed by atoms with Crippen LogP contribution in [-0.4, -0.2) is 69.5 Å². The molecule has 0 spiro atoms. The molecule has 0 aliphatic heterocycles. The van der Waals surface area contributed by atoms with Gasteiger partial charge in [0, 0.05) is 33.7 Å². The summed E-state index contributed by atoms with van der Waals surface area (Å²) in [5.74, 6) is -1.58. The number of hydrogen-bond donors (Lipinski definition) is 5. The minimum absolute atomic E-state index is 0.00316. The number of aliphatic hydroxyl groups excluding tert-OH is 1. The van der Waals surface area contributed by atoms with Gasteiger partial charge in [0.05, 0.1) is 58.1 Å². The van der Waals surface area contributed by atoms with Crippen molar-refractivity contribution < 1.29 is 85.6 Å². The third kappa shape index (κ3) is 11.5. The van der Waals surface area contributed by atoms with E-state index in [1.807, 2.05) is 0 Å². The van der Waals surface area contributed by atoms with Gasteiger partial charge in [-0.25, -0.2) is 8.78 Å². The number of methoxy groups -OCH3 is 2. The summed E-state index contributed by atoms with van der Waals surface area (Å²) in [7, 11) is 3.54. The van der Waals surface area contributed by atoms with E-state index in [-0.39, 0.29) is 64.0 Å². The standard InChI is InChI=1S/C19H15BrClF7N2O2.C17H11BrClF7N2O2.CH4O/c1-3-29-13-6-4-5-10(15(13)32-2)16(31)30-14-11(20)7-9(8-12(14)21)17(22,18(23,24)25)19(26,27)28;1-30-13-8(3-2-4-11(13)27)14(29)28-12-9(18)5-7(6-10(12)19)15(20,16(21,22)23)17(24,25)26;1-2/h4-8,29H,3H2,1-2H3,(H,30,31);2-6H,27H2,1H3,(H,28,29);2H,1H3. The minimum atomic E-state index is -6.31. The highest BCUT2D eigenvalue weighted by molar-refractivity contribution is 9.11. The molecule has 0 aromatic heterocycles. The second-order valence-electron chi connectivity index (χ2n) is 12.2. The smallest absolute Gasteiger partial charge is 0.435 e. The number of nitrogens with one attached hydrogen (secondary N) is 3. The lowest BCUT2D eigenvalue weighted by Crippen LogP contribution is -2.50. The number of nitrogens with two attached hydrogens (primary N) is 1. The molecule has 0 saturated carbocycles.